The molecule has 99 valence electrons. The summed E-state index contributed by atoms with van der Waals surface area (Å²) < 4.78 is 32.2. The zero-order chi connectivity index (χ0) is 13.7. The Morgan fingerprint density at radius 2 is 1.58 bits per heavy atom. The van der Waals surface area contributed by atoms with Gasteiger partial charge in [-0.1, -0.05) is 25.1 Å². The van der Waals surface area contributed by atoms with E-state index >= 15 is 0 Å². The van der Waals surface area contributed by atoms with Gasteiger partial charge in [0, 0.05) is 0 Å². The van der Waals surface area contributed by atoms with Crippen molar-refractivity contribution in [2.24, 2.45) is 0 Å². The SMILES string of the molecule is [CH2]CCc1ccc(OCc2c(F)cccc2F)cc1. The van der Waals surface area contributed by atoms with E-state index in [1.54, 1.807) is 12.1 Å². The van der Waals surface area contributed by atoms with Crippen LogP contribution in [0.3, 0.4) is 0 Å². The number of ether oxygens (including phenoxy) is 1. The van der Waals surface area contributed by atoms with E-state index in [1.807, 2.05) is 12.1 Å². The molecule has 0 aliphatic heterocycles. The van der Waals surface area contributed by atoms with Crippen LogP contribution in [-0.2, 0) is 13.0 Å². The Kier molecular flexibility index (Phi) is 4.50. The Hall–Kier alpha value is -1.90. The lowest BCUT2D eigenvalue weighted by molar-refractivity contribution is 0.292. The molecule has 0 saturated heterocycles. The summed E-state index contributed by atoms with van der Waals surface area (Å²) in [7, 11) is 0. The van der Waals surface area contributed by atoms with E-state index in [0.717, 1.165) is 12.8 Å². The highest BCUT2D eigenvalue weighted by molar-refractivity contribution is 5.28. The van der Waals surface area contributed by atoms with Gasteiger partial charge in [0.15, 0.2) is 0 Å². The minimum Gasteiger partial charge on any atom is -0.489 e. The fraction of sp³-hybridized carbons (Fsp3) is 0.188. The first-order chi connectivity index (χ1) is 9.20. The van der Waals surface area contributed by atoms with Gasteiger partial charge in [0.1, 0.15) is 24.0 Å². The maximum Gasteiger partial charge on any atom is 0.132 e. The molecule has 2 rings (SSSR count). The van der Waals surface area contributed by atoms with Gasteiger partial charge in [-0.15, -0.1) is 0 Å². The molecule has 2 aromatic rings. The van der Waals surface area contributed by atoms with Crippen molar-refractivity contribution in [3.05, 3.63) is 72.1 Å². The Morgan fingerprint density at radius 1 is 0.947 bits per heavy atom. The number of rotatable bonds is 5. The summed E-state index contributed by atoms with van der Waals surface area (Å²) in [6, 6.07) is 11.2. The predicted molar refractivity (Wildman–Crippen MR) is 70.8 cm³/mol. The summed E-state index contributed by atoms with van der Waals surface area (Å²) in [6.07, 6.45) is 1.74. The second-order valence-electron chi connectivity index (χ2n) is 4.24. The molecule has 0 spiro atoms. The zero-order valence-corrected chi connectivity index (χ0v) is 10.5. The number of hydrogen-bond donors (Lipinski definition) is 0. The van der Waals surface area contributed by atoms with Crippen molar-refractivity contribution in [2.45, 2.75) is 19.4 Å². The number of aryl methyl sites for hydroxylation is 1. The van der Waals surface area contributed by atoms with Crippen LogP contribution < -0.4 is 4.74 Å². The number of halogens is 2. The van der Waals surface area contributed by atoms with Gasteiger partial charge in [0.25, 0.3) is 0 Å². The van der Waals surface area contributed by atoms with Crippen LogP contribution in [-0.4, -0.2) is 0 Å². The second kappa shape index (κ2) is 6.32. The summed E-state index contributed by atoms with van der Waals surface area (Å²) in [6.45, 7) is 3.67. The first kappa shape index (κ1) is 13.5. The average molecular weight is 261 g/mol. The summed E-state index contributed by atoms with van der Waals surface area (Å²) in [5.41, 5.74) is 1.11. The monoisotopic (exact) mass is 261 g/mol. The first-order valence-corrected chi connectivity index (χ1v) is 6.14. The van der Waals surface area contributed by atoms with Gasteiger partial charge < -0.3 is 4.74 Å². The molecule has 0 fully saturated rings. The molecule has 0 amide bonds. The minimum absolute atomic E-state index is 0.0515. The van der Waals surface area contributed by atoms with E-state index < -0.39 is 11.6 Å². The highest BCUT2D eigenvalue weighted by atomic mass is 19.1. The molecule has 0 atom stereocenters. The molecule has 19 heavy (non-hydrogen) atoms. The largest absolute Gasteiger partial charge is 0.489 e. The molecule has 1 nitrogen and oxygen atoms in total. The molecule has 0 bridgehead atoms. The third-order valence-corrected chi connectivity index (χ3v) is 2.83. The average Bonchev–Trinajstić information content (AvgIpc) is 2.40. The lowest BCUT2D eigenvalue weighted by Crippen LogP contribution is -2.01. The van der Waals surface area contributed by atoms with Crippen molar-refractivity contribution in [3.63, 3.8) is 0 Å². The lowest BCUT2D eigenvalue weighted by atomic mass is 10.1. The van der Waals surface area contributed by atoms with E-state index in [2.05, 4.69) is 6.92 Å². The van der Waals surface area contributed by atoms with Crippen LogP contribution in [0.5, 0.6) is 5.75 Å². The maximum absolute atomic E-state index is 13.4. The van der Waals surface area contributed by atoms with Gasteiger partial charge in [-0.05, 0) is 42.7 Å². The molecule has 0 aliphatic rings. The van der Waals surface area contributed by atoms with Crippen molar-refractivity contribution >= 4 is 0 Å². The Labute approximate surface area is 111 Å². The smallest absolute Gasteiger partial charge is 0.132 e. The molecule has 2 aromatic carbocycles. The van der Waals surface area contributed by atoms with Gasteiger partial charge in [-0.2, -0.15) is 0 Å². The Bertz CT molecular complexity index is 515. The maximum atomic E-state index is 13.4. The van der Waals surface area contributed by atoms with E-state index in [0.29, 0.717) is 5.75 Å². The third-order valence-electron chi connectivity index (χ3n) is 2.83. The normalized spacial score (nSPS) is 10.5. The molecule has 0 aromatic heterocycles. The first-order valence-electron chi connectivity index (χ1n) is 6.14. The van der Waals surface area contributed by atoms with Gasteiger partial charge in [0.05, 0.1) is 5.56 Å². The van der Waals surface area contributed by atoms with Crippen LogP contribution in [0.15, 0.2) is 42.5 Å². The standard InChI is InChI=1S/C16H15F2O/c1-2-4-12-7-9-13(10-8-12)19-11-14-15(17)5-3-6-16(14)18/h3,5-10H,1-2,4,11H2. The molecule has 3 heteroatoms. The van der Waals surface area contributed by atoms with E-state index in [4.69, 9.17) is 4.74 Å². The molecule has 0 unspecified atom stereocenters. The van der Waals surface area contributed by atoms with Gasteiger partial charge in [-0.3, -0.25) is 0 Å². The molecule has 0 saturated carbocycles. The van der Waals surface area contributed by atoms with Crippen molar-refractivity contribution < 1.29 is 13.5 Å². The highest BCUT2D eigenvalue weighted by Gasteiger charge is 2.08. The molecule has 0 aliphatic carbocycles. The van der Waals surface area contributed by atoms with Gasteiger partial charge in [-0.25, -0.2) is 8.78 Å². The van der Waals surface area contributed by atoms with Crippen molar-refractivity contribution in [1.29, 1.82) is 0 Å². The zero-order valence-electron chi connectivity index (χ0n) is 10.5. The molecular formula is C16H15F2O. The summed E-state index contributed by atoms with van der Waals surface area (Å²) in [5.74, 6) is -0.585. The summed E-state index contributed by atoms with van der Waals surface area (Å²) in [5, 5.41) is 0. The van der Waals surface area contributed by atoms with E-state index in [1.165, 1.54) is 23.8 Å². The third kappa shape index (κ3) is 3.53. The fourth-order valence-electron chi connectivity index (χ4n) is 1.78. The summed E-state index contributed by atoms with van der Waals surface area (Å²) in [4.78, 5) is 0. The van der Waals surface area contributed by atoms with Crippen LogP contribution >= 0.6 is 0 Å². The molecule has 0 N–H and O–H groups in total. The van der Waals surface area contributed by atoms with Crippen LogP contribution in [0.25, 0.3) is 0 Å². The minimum atomic E-state index is -0.589. The topological polar surface area (TPSA) is 9.23 Å². The predicted octanol–water partition coefficient (Wildman–Crippen LogP) is 4.31. The Morgan fingerprint density at radius 3 is 2.16 bits per heavy atom. The van der Waals surface area contributed by atoms with Crippen LogP contribution in [0.4, 0.5) is 8.78 Å². The van der Waals surface area contributed by atoms with Crippen LogP contribution in [0.1, 0.15) is 17.5 Å². The molecule has 1 radical (unpaired) electrons. The van der Waals surface area contributed by atoms with Crippen LogP contribution in [0, 0.1) is 18.6 Å². The second-order valence-corrected chi connectivity index (χ2v) is 4.24. The van der Waals surface area contributed by atoms with Crippen molar-refractivity contribution in [1.82, 2.24) is 0 Å². The number of hydrogen-bond acceptors (Lipinski definition) is 1. The van der Waals surface area contributed by atoms with Gasteiger partial charge >= 0.3 is 0 Å². The van der Waals surface area contributed by atoms with Crippen molar-refractivity contribution in [2.75, 3.05) is 0 Å². The molecular weight excluding hydrogens is 246 g/mol. The highest BCUT2D eigenvalue weighted by Crippen LogP contribution is 2.18. The van der Waals surface area contributed by atoms with Crippen LogP contribution in [0.2, 0.25) is 0 Å². The summed E-state index contributed by atoms with van der Waals surface area (Å²) >= 11 is 0. The van der Waals surface area contributed by atoms with Gasteiger partial charge in [0.2, 0.25) is 0 Å². The van der Waals surface area contributed by atoms with E-state index in [-0.39, 0.29) is 12.2 Å². The van der Waals surface area contributed by atoms with E-state index in [9.17, 15) is 8.78 Å². The van der Waals surface area contributed by atoms with Crippen molar-refractivity contribution in [3.8, 4) is 5.75 Å². The molecule has 0 heterocycles. The Balaban J connectivity index is 2.02. The fourth-order valence-corrected chi connectivity index (χ4v) is 1.78. The number of benzene rings is 2. The quantitative estimate of drug-likeness (QED) is 0.779. The lowest BCUT2D eigenvalue weighted by Gasteiger charge is -2.08.